The van der Waals surface area contributed by atoms with Crippen LogP contribution in [0.3, 0.4) is 0 Å². The van der Waals surface area contributed by atoms with Gasteiger partial charge < -0.3 is 15.0 Å². The number of hydrogen-bond acceptors (Lipinski definition) is 5. The molecule has 0 saturated heterocycles. The van der Waals surface area contributed by atoms with Crippen LogP contribution in [0.25, 0.3) is 0 Å². The van der Waals surface area contributed by atoms with Gasteiger partial charge in [0.05, 0.1) is 18.6 Å². The van der Waals surface area contributed by atoms with Crippen LogP contribution in [0, 0.1) is 0 Å². The third-order valence-corrected chi connectivity index (χ3v) is 3.73. The Morgan fingerprint density at radius 2 is 2.18 bits per heavy atom. The number of thioether (sulfide) groups is 1. The second kappa shape index (κ2) is 7.65. The molecule has 2 aromatic rings. The Balaban J connectivity index is 1.98. The van der Waals surface area contributed by atoms with Crippen LogP contribution < -0.4 is 15.6 Å². The number of rotatable bonds is 6. The minimum Gasteiger partial charge on any atom is -0.495 e. The third-order valence-electron chi connectivity index (χ3n) is 2.86. The maximum Gasteiger partial charge on any atom is 0.251 e. The van der Waals surface area contributed by atoms with Crippen molar-refractivity contribution in [3.8, 4) is 5.75 Å². The van der Waals surface area contributed by atoms with E-state index in [1.54, 1.807) is 19.2 Å². The Labute approximate surface area is 132 Å². The predicted molar refractivity (Wildman–Crippen MR) is 86.6 cm³/mol. The van der Waals surface area contributed by atoms with Gasteiger partial charge in [0.1, 0.15) is 5.75 Å². The van der Waals surface area contributed by atoms with Crippen molar-refractivity contribution in [2.45, 2.75) is 18.5 Å². The van der Waals surface area contributed by atoms with Crippen molar-refractivity contribution >= 4 is 23.4 Å². The molecule has 0 spiro atoms. The van der Waals surface area contributed by atoms with Gasteiger partial charge in [0, 0.05) is 11.8 Å². The van der Waals surface area contributed by atoms with Gasteiger partial charge in [-0.3, -0.25) is 9.59 Å². The Morgan fingerprint density at radius 1 is 1.41 bits per heavy atom. The van der Waals surface area contributed by atoms with E-state index in [1.165, 1.54) is 17.8 Å². The van der Waals surface area contributed by atoms with E-state index in [-0.39, 0.29) is 17.2 Å². The van der Waals surface area contributed by atoms with Crippen LogP contribution in [-0.2, 0) is 11.2 Å². The average Bonchev–Trinajstić information content (AvgIpc) is 2.53. The second-order valence-electron chi connectivity index (χ2n) is 4.43. The average molecular weight is 319 g/mol. The molecule has 2 N–H and O–H groups in total. The highest BCUT2D eigenvalue weighted by Gasteiger charge is 2.09. The number of carbonyl (C=O) groups excluding carboxylic acids is 1. The fourth-order valence-corrected chi connectivity index (χ4v) is 2.50. The predicted octanol–water partition coefficient (Wildman–Crippen LogP) is 2.07. The molecule has 22 heavy (non-hydrogen) atoms. The summed E-state index contributed by atoms with van der Waals surface area (Å²) < 4.78 is 5.17. The number of benzene rings is 1. The number of carbonyl (C=O) groups is 1. The summed E-state index contributed by atoms with van der Waals surface area (Å²) in [5.41, 5.74) is 1.11. The fraction of sp³-hybridized carbons (Fsp3) is 0.267. The number of ether oxygens (including phenoxy) is 1. The summed E-state index contributed by atoms with van der Waals surface area (Å²) >= 11 is 1.19. The van der Waals surface area contributed by atoms with Crippen LogP contribution in [0.2, 0.25) is 0 Å². The van der Waals surface area contributed by atoms with E-state index >= 15 is 0 Å². The van der Waals surface area contributed by atoms with Crippen molar-refractivity contribution in [1.29, 1.82) is 0 Å². The molecule has 0 fully saturated rings. The number of aryl methyl sites for hydroxylation is 1. The maximum atomic E-state index is 12.0. The lowest BCUT2D eigenvalue weighted by Crippen LogP contribution is -2.16. The Kier molecular flexibility index (Phi) is 5.60. The molecule has 0 aliphatic heterocycles. The zero-order valence-corrected chi connectivity index (χ0v) is 13.2. The normalized spacial score (nSPS) is 10.3. The van der Waals surface area contributed by atoms with E-state index in [1.807, 2.05) is 19.1 Å². The highest BCUT2D eigenvalue weighted by Crippen LogP contribution is 2.23. The summed E-state index contributed by atoms with van der Waals surface area (Å²) in [5.74, 6) is 0.549. The minimum absolute atomic E-state index is 0.147. The molecule has 0 bridgehead atoms. The molecule has 0 radical (unpaired) electrons. The van der Waals surface area contributed by atoms with Gasteiger partial charge in [0.15, 0.2) is 5.16 Å². The lowest BCUT2D eigenvalue weighted by Gasteiger charge is -2.09. The molecule has 0 saturated carbocycles. The van der Waals surface area contributed by atoms with Crippen molar-refractivity contribution in [2.24, 2.45) is 0 Å². The van der Waals surface area contributed by atoms with Crippen LogP contribution >= 0.6 is 11.8 Å². The number of aromatic amines is 1. The zero-order chi connectivity index (χ0) is 15.9. The van der Waals surface area contributed by atoms with Crippen LogP contribution in [0.5, 0.6) is 5.75 Å². The van der Waals surface area contributed by atoms with Gasteiger partial charge in [-0.1, -0.05) is 30.8 Å². The Hall–Kier alpha value is -2.28. The lowest BCUT2D eigenvalue weighted by molar-refractivity contribution is -0.113. The van der Waals surface area contributed by atoms with Gasteiger partial charge in [0.25, 0.3) is 5.56 Å². The van der Waals surface area contributed by atoms with Crippen LogP contribution in [0.4, 0.5) is 5.69 Å². The quantitative estimate of drug-likeness (QED) is 0.629. The molecule has 0 aliphatic carbocycles. The molecule has 1 aromatic heterocycles. The number of para-hydroxylation sites is 2. The van der Waals surface area contributed by atoms with Gasteiger partial charge in [0.2, 0.25) is 5.91 Å². The minimum atomic E-state index is -0.209. The Morgan fingerprint density at radius 3 is 2.91 bits per heavy atom. The summed E-state index contributed by atoms with van der Waals surface area (Å²) in [6.07, 6.45) is 0.672. The molecule has 0 unspecified atom stereocenters. The van der Waals surface area contributed by atoms with E-state index in [4.69, 9.17) is 4.74 Å². The molecule has 6 nitrogen and oxygen atoms in total. The highest BCUT2D eigenvalue weighted by atomic mass is 32.2. The first-order valence-corrected chi connectivity index (χ1v) is 7.77. The number of hydrogen-bond donors (Lipinski definition) is 2. The van der Waals surface area contributed by atoms with E-state index in [2.05, 4.69) is 15.3 Å². The molecule has 0 aliphatic rings. The molecule has 1 heterocycles. The SMILES string of the molecule is CCc1cc(=O)[nH]c(SCC(=O)Nc2ccccc2OC)n1. The summed E-state index contributed by atoms with van der Waals surface area (Å²) in [7, 11) is 1.55. The van der Waals surface area contributed by atoms with Crippen molar-refractivity contribution in [1.82, 2.24) is 9.97 Å². The van der Waals surface area contributed by atoms with Crippen molar-refractivity contribution in [2.75, 3.05) is 18.2 Å². The van der Waals surface area contributed by atoms with E-state index in [0.29, 0.717) is 28.7 Å². The van der Waals surface area contributed by atoms with Crippen LogP contribution in [0.1, 0.15) is 12.6 Å². The van der Waals surface area contributed by atoms with E-state index in [0.717, 1.165) is 0 Å². The third kappa shape index (κ3) is 4.36. The second-order valence-corrected chi connectivity index (χ2v) is 5.40. The number of H-pyrrole nitrogens is 1. The molecule has 1 amide bonds. The van der Waals surface area contributed by atoms with Gasteiger partial charge >= 0.3 is 0 Å². The smallest absolute Gasteiger partial charge is 0.251 e. The Bertz CT molecular complexity index is 715. The lowest BCUT2D eigenvalue weighted by atomic mass is 10.3. The van der Waals surface area contributed by atoms with Gasteiger partial charge in [-0.25, -0.2) is 4.98 Å². The molecule has 7 heteroatoms. The number of nitrogens with zero attached hydrogens (tertiary/aromatic N) is 1. The topological polar surface area (TPSA) is 84.1 Å². The molecular formula is C15H17N3O3S. The van der Waals surface area contributed by atoms with Gasteiger partial charge in [-0.15, -0.1) is 0 Å². The highest BCUT2D eigenvalue weighted by molar-refractivity contribution is 7.99. The summed E-state index contributed by atoms with van der Waals surface area (Å²) in [4.78, 5) is 30.3. The molecule has 2 rings (SSSR count). The van der Waals surface area contributed by atoms with Crippen molar-refractivity contribution < 1.29 is 9.53 Å². The van der Waals surface area contributed by atoms with Crippen LogP contribution in [0.15, 0.2) is 40.3 Å². The van der Waals surface area contributed by atoms with Crippen molar-refractivity contribution in [3.05, 3.63) is 46.4 Å². The first kappa shape index (κ1) is 16.1. The van der Waals surface area contributed by atoms with Gasteiger partial charge in [-0.2, -0.15) is 0 Å². The number of aromatic nitrogens is 2. The molecular weight excluding hydrogens is 302 g/mol. The van der Waals surface area contributed by atoms with Crippen LogP contribution in [-0.4, -0.2) is 28.7 Å². The zero-order valence-electron chi connectivity index (χ0n) is 12.4. The standard InChI is InChI=1S/C15H17N3O3S/c1-3-10-8-13(19)18-15(16-10)22-9-14(20)17-11-6-4-5-7-12(11)21-2/h4-8H,3,9H2,1-2H3,(H,17,20)(H,16,18,19). The molecule has 116 valence electrons. The first-order chi connectivity index (χ1) is 10.6. The van der Waals surface area contributed by atoms with E-state index in [9.17, 15) is 9.59 Å². The molecule has 1 aromatic carbocycles. The number of anilines is 1. The largest absolute Gasteiger partial charge is 0.495 e. The maximum absolute atomic E-state index is 12.0. The monoisotopic (exact) mass is 319 g/mol. The van der Waals surface area contributed by atoms with Gasteiger partial charge in [-0.05, 0) is 18.6 Å². The summed E-state index contributed by atoms with van der Waals surface area (Å²) in [6, 6.07) is 8.63. The summed E-state index contributed by atoms with van der Waals surface area (Å²) in [5, 5.41) is 3.21. The number of methoxy groups -OCH3 is 1. The number of amides is 1. The fourth-order valence-electron chi connectivity index (χ4n) is 1.80. The molecule has 0 atom stereocenters. The summed E-state index contributed by atoms with van der Waals surface area (Å²) in [6.45, 7) is 1.92. The van der Waals surface area contributed by atoms with E-state index < -0.39 is 0 Å². The van der Waals surface area contributed by atoms with Crippen molar-refractivity contribution in [3.63, 3.8) is 0 Å². The number of nitrogens with one attached hydrogen (secondary N) is 2. The first-order valence-electron chi connectivity index (χ1n) is 6.78.